The molecule has 1 aromatic heterocycles. The van der Waals surface area contributed by atoms with Gasteiger partial charge in [0.25, 0.3) is 5.91 Å². The molecule has 1 heterocycles. The monoisotopic (exact) mass is 305 g/mol. The van der Waals surface area contributed by atoms with E-state index in [-0.39, 0.29) is 17.1 Å². The molecule has 1 aliphatic carbocycles. The Hall–Kier alpha value is -1.79. The van der Waals surface area contributed by atoms with Crippen molar-refractivity contribution in [3.05, 3.63) is 51.7 Å². The number of hydrogen-bond acceptors (Lipinski definition) is 4. The molecule has 6 heteroatoms. The Morgan fingerprint density at radius 3 is 2.90 bits per heavy atom. The third kappa shape index (κ3) is 2.96. The molecule has 3 N–H and O–H groups in total. The quantitative estimate of drug-likeness (QED) is 0.890. The van der Waals surface area contributed by atoms with Crippen LogP contribution in [0.15, 0.2) is 29.6 Å². The number of rotatable bonds is 5. The summed E-state index contributed by atoms with van der Waals surface area (Å²) in [6, 6.07) is 6.61. The van der Waals surface area contributed by atoms with E-state index in [2.05, 4.69) is 10.3 Å². The van der Waals surface area contributed by atoms with Crippen LogP contribution >= 0.6 is 11.3 Å². The number of carbonyl (C=O) groups is 1. The van der Waals surface area contributed by atoms with Crippen molar-refractivity contribution in [1.29, 1.82) is 0 Å². The summed E-state index contributed by atoms with van der Waals surface area (Å²) in [5.74, 6) is -0.439. The molecule has 1 saturated carbocycles. The third-order valence-corrected chi connectivity index (χ3v) is 4.71. The van der Waals surface area contributed by atoms with Crippen LogP contribution in [0.1, 0.15) is 33.9 Å². The van der Waals surface area contributed by atoms with Crippen LogP contribution in [0.3, 0.4) is 0 Å². The Bertz CT molecular complexity index is 666. The zero-order valence-electron chi connectivity index (χ0n) is 11.4. The Labute approximate surface area is 126 Å². The van der Waals surface area contributed by atoms with E-state index in [1.807, 2.05) is 6.07 Å². The molecule has 0 aliphatic heterocycles. The fourth-order valence-electron chi connectivity index (χ4n) is 2.39. The number of aromatic nitrogens is 1. The average Bonchev–Trinajstić information content (AvgIpc) is 3.13. The maximum absolute atomic E-state index is 13.3. The lowest BCUT2D eigenvalue weighted by atomic mass is 9.96. The standard InChI is InChI=1S/C15H16FN3OS/c16-11-3-1-2-10(6-11)15(4-5-15)9-18-14(20)12-8-21-13(7-17)19-12/h1-3,6,8H,4-5,7,9,17H2,(H,18,20). The number of thiazole rings is 1. The van der Waals surface area contributed by atoms with E-state index in [1.165, 1.54) is 17.4 Å². The van der Waals surface area contributed by atoms with E-state index in [4.69, 9.17) is 5.73 Å². The van der Waals surface area contributed by atoms with Gasteiger partial charge in [0, 0.05) is 23.9 Å². The summed E-state index contributed by atoms with van der Waals surface area (Å²) < 4.78 is 13.3. The van der Waals surface area contributed by atoms with Gasteiger partial charge in [-0.15, -0.1) is 11.3 Å². The Morgan fingerprint density at radius 2 is 2.29 bits per heavy atom. The van der Waals surface area contributed by atoms with Crippen LogP contribution in [0, 0.1) is 5.82 Å². The summed E-state index contributed by atoms with van der Waals surface area (Å²) in [6.07, 6.45) is 1.92. The number of amides is 1. The van der Waals surface area contributed by atoms with E-state index >= 15 is 0 Å². The number of nitrogens with two attached hydrogens (primary N) is 1. The van der Waals surface area contributed by atoms with Crippen LogP contribution in [0.5, 0.6) is 0 Å². The van der Waals surface area contributed by atoms with Crippen LogP contribution in [0.25, 0.3) is 0 Å². The number of benzene rings is 1. The molecule has 0 radical (unpaired) electrons. The van der Waals surface area contributed by atoms with Gasteiger partial charge in [-0.2, -0.15) is 0 Å². The van der Waals surface area contributed by atoms with Gasteiger partial charge < -0.3 is 11.1 Å². The first-order chi connectivity index (χ1) is 10.1. The minimum Gasteiger partial charge on any atom is -0.350 e. The Kier molecular flexibility index (Phi) is 3.73. The number of nitrogens with one attached hydrogen (secondary N) is 1. The Morgan fingerprint density at radius 1 is 1.48 bits per heavy atom. The van der Waals surface area contributed by atoms with Crippen LogP contribution in [-0.4, -0.2) is 17.4 Å². The van der Waals surface area contributed by atoms with E-state index in [0.29, 0.717) is 18.8 Å². The average molecular weight is 305 g/mol. The van der Waals surface area contributed by atoms with Crippen molar-refractivity contribution >= 4 is 17.2 Å². The summed E-state index contributed by atoms with van der Waals surface area (Å²) in [6.45, 7) is 0.843. The highest BCUT2D eigenvalue weighted by Gasteiger charge is 2.44. The second kappa shape index (κ2) is 5.54. The first-order valence-electron chi connectivity index (χ1n) is 6.82. The first kappa shape index (κ1) is 14.2. The molecule has 1 aromatic carbocycles. The second-order valence-electron chi connectivity index (χ2n) is 5.30. The Balaban J connectivity index is 1.66. The molecule has 0 saturated heterocycles. The van der Waals surface area contributed by atoms with Crippen molar-refractivity contribution in [3.8, 4) is 0 Å². The van der Waals surface area contributed by atoms with Gasteiger partial charge in [0.2, 0.25) is 0 Å². The lowest BCUT2D eigenvalue weighted by Crippen LogP contribution is -2.32. The normalized spacial score (nSPS) is 15.7. The number of halogens is 1. The van der Waals surface area contributed by atoms with Gasteiger partial charge in [-0.1, -0.05) is 12.1 Å². The molecule has 2 aromatic rings. The summed E-state index contributed by atoms with van der Waals surface area (Å²) in [5.41, 5.74) is 6.71. The molecule has 1 aliphatic rings. The van der Waals surface area contributed by atoms with Crippen molar-refractivity contribution in [1.82, 2.24) is 10.3 Å². The van der Waals surface area contributed by atoms with Crippen LogP contribution in [0.4, 0.5) is 4.39 Å². The molecule has 3 rings (SSSR count). The smallest absolute Gasteiger partial charge is 0.270 e. The highest BCUT2D eigenvalue weighted by atomic mass is 32.1. The molecular weight excluding hydrogens is 289 g/mol. The minimum atomic E-state index is -0.239. The van der Waals surface area contributed by atoms with E-state index in [9.17, 15) is 9.18 Å². The topological polar surface area (TPSA) is 68.0 Å². The molecule has 4 nitrogen and oxygen atoms in total. The molecular formula is C15H16FN3OS. The highest BCUT2D eigenvalue weighted by Crippen LogP contribution is 2.47. The van der Waals surface area contributed by atoms with Gasteiger partial charge in [0.15, 0.2) is 0 Å². The van der Waals surface area contributed by atoms with Crippen molar-refractivity contribution in [2.24, 2.45) is 5.73 Å². The lowest BCUT2D eigenvalue weighted by molar-refractivity contribution is 0.0945. The minimum absolute atomic E-state index is 0.121. The zero-order chi connectivity index (χ0) is 14.9. The van der Waals surface area contributed by atoms with E-state index in [1.54, 1.807) is 17.5 Å². The lowest BCUT2D eigenvalue weighted by Gasteiger charge is -2.16. The summed E-state index contributed by atoms with van der Waals surface area (Å²) in [7, 11) is 0. The largest absolute Gasteiger partial charge is 0.350 e. The fraction of sp³-hybridized carbons (Fsp3) is 0.333. The van der Waals surface area contributed by atoms with Crippen LogP contribution < -0.4 is 11.1 Å². The van der Waals surface area contributed by atoms with Gasteiger partial charge in [-0.25, -0.2) is 9.37 Å². The maximum Gasteiger partial charge on any atom is 0.270 e. The molecule has 110 valence electrons. The zero-order valence-corrected chi connectivity index (χ0v) is 12.3. The molecule has 21 heavy (non-hydrogen) atoms. The van der Waals surface area contributed by atoms with Crippen LogP contribution in [0.2, 0.25) is 0 Å². The second-order valence-corrected chi connectivity index (χ2v) is 6.25. The fourth-order valence-corrected chi connectivity index (χ4v) is 3.04. The van der Waals surface area contributed by atoms with Gasteiger partial charge in [0.1, 0.15) is 16.5 Å². The van der Waals surface area contributed by atoms with E-state index in [0.717, 1.165) is 23.4 Å². The molecule has 0 bridgehead atoms. The van der Waals surface area contributed by atoms with Gasteiger partial charge in [0.05, 0.1) is 0 Å². The summed E-state index contributed by atoms with van der Waals surface area (Å²) in [4.78, 5) is 16.2. The van der Waals surface area contributed by atoms with Crippen molar-refractivity contribution < 1.29 is 9.18 Å². The SMILES string of the molecule is NCc1nc(C(=O)NCC2(c3cccc(F)c3)CC2)cs1. The van der Waals surface area contributed by atoms with Crippen molar-refractivity contribution in [2.45, 2.75) is 24.8 Å². The number of nitrogens with zero attached hydrogens (tertiary/aromatic N) is 1. The molecule has 1 amide bonds. The predicted octanol–water partition coefficient (Wildman–Crippen LogP) is 2.20. The predicted molar refractivity (Wildman–Crippen MR) is 79.7 cm³/mol. The van der Waals surface area contributed by atoms with Gasteiger partial charge >= 0.3 is 0 Å². The summed E-state index contributed by atoms with van der Waals surface area (Å²) >= 11 is 1.38. The van der Waals surface area contributed by atoms with E-state index < -0.39 is 0 Å². The third-order valence-electron chi connectivity index (χ3n) is 3.84. The van der Waals surface area contributed by atoms with Gasteiger partial charge in [-0.3, -0.25) is 4.79 Å². The first-order valence-corrected chi connectivity index (χ1v) is 7.70. The molecule has 0 unspecified atom stereocenters. The maximum atomic E-state index is 13.3. The summed E-state index contributed by atoms with van der Waals surface area (Å²) in [5, 5.41) is 5.35. The number of carbonyl (C=O) groups excluding carboxylic acids is 1. The molecule has 1 fully saturated rings. The van der Waals surface area contributed by atoms with Crippen molar-refractivity contribution in [3.63, 3.8) is 0 Å². The van der Waals surface area contributed by atoms with Crippen molar-refractivity contribution in [2.75, 3.05) is 6.54 Å². The highest BCUT2D eigenvalue weighted by molar-refractivity contribution is 7.09. The van der Waals surface area contributed by atoms with Gasteiger partial charge in [-0.05, 0) is 30.5 Å². The number of hydrogen-bond donors (Lipinski definition) is 2. The van der Waals surface area contributed by atoms with Crippen LogP contribution in [-0.2, 0) is 12.0 Å². The molecule has 0 atom stereocenters. The molecule has 0 spiro atoms.